The number of ether oxygens (including phenoxy) is 1. The fourth-order valence-corrected chi connectivity index (χ4v) is 4.06. The molecule has 1 saturated heterocycles. The van der Waals surface area contributed by atoms with Crippen LogP contribution in [0.2, 0.25) is 0 Å². The molecule has 9 heteroatoms. The summed E-state index contributed by atoms with van der Waals surface area (Å²) in [6, 6.07) is 18.4. The summed E-state index contributed by atoms with van der Waals surface area (Å²) in [5.41, 5.74) is 1.12. The van der Waals surface area contributed by atoms with Crippen LogP contribution < -0.4 is 15.0 Å². The van der Waals surface area contributed by atoms with Gasteiger partial charge in [-0.2, -0.15) is 18.4 Å². The van der Waals surface area contributed by atoms with E-state index in [4.69, 9.17) is 10.00 Å². The van der Waals surface area contributed by atoms with Crippen LogP contribution in [0.25, 0.3) is 0 Å². The predicted molar refractivity (Wildman–Crippen MR) is 125 cm³/mol. The average molecular weight is 480 g/mol. The van der Waals surface area contributed by atoms with E-state index in [-0.39, 0.29) is 24.9 Å². The zero-order chi connectivity index (χ0) is 24.8. The highest BCUT2D eigenvalue weighted by molar-refractivity contribution is 5.93. The minimum absolute atomic E-state index is 0.145. The normalized spacial score (nSPS) is 15.8. The average Bonchev–Trinajstić information content (AvgIpc) is 2.87. The lowest BCUT2D eigenvalue weighted by molar-refractivity contribution is -0.137. The third kappa shape index (κ3) is 6.09. The van der Waals surface area contributed by atoms with Crippen molar-refractivity contribution in [1.82, 2.24) is 4.98 Å². The zero-order valence-electron chi connectivity index (χ0n) is 18.8. The van der Waals surface area contributed by atoms with Gasteiger partial charge in [0.25, 0.3) is 0 Å². The third-order valence-electron chi connectivity index (χ3n) is 5.75. The number of pyridine rings is 1. The molecule has 2 heterocycles. The first-order valence-electron chi connectivity index (χ1n) is 11.1. The Morgan fingerprint density at radius 3 is 2.80 bits per heavy atom. The van der Waals surface area contributed by atoms with Crippen molar-refractivity contribution >= 4 is 17.4 Å². The van der Waals surface area contributed by atoms with Gasteiger partial charge in [0.1, 0.15) is 18.2 Å². The lowest BCUT2D eigenvalue weighted by Crippen LogP contribution is -2.42. The summed E-state index contributed by atoms with van der Waals surface area (Å²) in [6.45, 7) is 0.813. The number of hydrogen-bond donors (Lipinski definition) is 1. The van der Waals surface area contributed by atoms with Crippen LogP contribution >= 0.6 is 0 Å². The highest BCUT2D eigenvalue weighted by Crippen LogP contribution is 2.36. The predicted octanol–water partition coefficient (Wildman–Crippen LogP) is 5.41. The summed E-state index contributed by atoms with van der Waals surface area (Å²) in [6.07, 6.45) is -2.04. The van der Waals surface area contributed by atoms with Gasteiger partial charge in [0, 0.05) is 31.0 Å². The van der Waals surface area contributed by atoms with E-state index in [1.807, 2.05) is 6.07 Å². The number of benzene rings is 2. The molecular formula is C26H23F3N4O2. The number of anilines is 2. The summed E-state index contributed by atoms with van der Waals surface area (Å²) in [7, 11) is 0. The molecule has 1 aromatic heterocycles. The Bertz CT molecular complexity index is 1240. The number of nitrogens with one attached hydrogen (secondary N) is 1. The molecule has 1 unspecified atom stereocenters. The van der Waals surface area contributed by atoms with Crippen molar-refractivity contribution in [1.29, 1.82) is 5.26 Å². The van der Waals surface area contributed by atoms with E-state index in [2.05, 4.69) is 16.4 Å². The van der Waals surface area contributed by atoms with Crippen LogP contribution in [-0.4, -0.2) is 24.0 Å². The second-order valence-corrected chi connectivity index (χ2v) is 8.28. The number of piperidine rings is 1. The van der Waals surface area contributed by atoms with Crippen LogP contribution in [0.3, 0.4) is 0 Å². The first-order valence-corrected chi connectivity index (χ1v) is 11.1. The second kappa shape index (κ2) is 10.5. The number of alkyl halides is 3. The van der Waals surface area contributed by atoms with Crippen molar-refractivity contribution in [3.8, 4) is 11.8 Å². The molecule has 0 bridgehead atoms. The number of carbonyl (C=O) groups excluding carboxylic acids is 1. The third-order valence-corrected chi connectivity index (χ3v) is 5.75. The summed E-state index contributed by atoms with van der Waals surface area (Å²) in [5.74, 6) is -0.352. The minimum Gasteiger partial charge on any atom is -0.489 e. The maximum atomic E-state index is 13.4. The Labute approximate surface area is 201 Å². The maximum absolute atomic E-state index is 13.4. The van der Waals surface area contributed by atoms with Crippen molar-refractivity contribution in [3.63, 3.8) is 0 Å². The smallest absolute Gasteiger partial charge is 0.419 e. The summed E-state index contributed by atoms with van der Waals surface area (Å²) >= 11 is 0. The van der Waals surface area contributed by atoms with Gasteiger partial charge in [-0.1, -0.05) is 18.2 Å². The van der Waals surface area contributed by atoms with Crippen LogP contribution in [-0.2, 0) is 17.6 Å². The number of nitriles is 1. The molecule has 1 aliphatic heterocycles. The number of aromatic nitrogens is 1. The van der Waals surface area contributed by atoms with Crippen molar-refractivity contribution in [2.45, 2.75) is 25.6 Å². The molecule has 35 heavy (non-hydrogen) atoms. The zero-order valence-corrected chi connectivity index (χ0v) is 18.8. The van der Waals surface area contributed by atoms with E-state index < -0.39 is 17.7 Å². The lowest BCUT2D eigenvalue weighted by atomic mass is 9.96. The van der Waals surface area contributed by atoms with Gasteiger partial charge in [-0.05, 0) is 54.8 Å². The first kappa shape index (κ1) is 24.1. The van der Waals surface area contributed by atoms with Crippen molar-refractivity contribution in [2.24, 2.45) is 5.92 Å². The molecule has 0 spiro atoms. The molecule has 2 aromatic carbocycles. The van der Waals surface area contributed by atoms with Gasteiger partial charge in [-0.3, -0.25) is 4.79 Å². The van der Waals surface area contributed by atoms with Gasteiger partial charge in [-0.25, -0.2) is 4.98 Å². The summed E-state index contributed by atoms with van der Waals surface area (Å²) < 4.78 is 46.1. The van der Waals surface area contributed by atoms with Gasteiger partial charge in [0.2, 0.25) is 5.91 Å². The molecule has 6 nitrogen and oxygen atoms in total. The Balaban J connectivity index is 1.40. The van der Waals surface area contributed by atoms with E-state index in [9.17, 15) is 18.0 Å². The van der Waals surface area contributed by atoms with Gasteiger partial charge in [0.15, 0.2) is 0 Å². The van der Waals surface area contributed by atoms with E-state index in [1.165, 1.54) is 17.2 Å². The number of nitrogens with zero attached hydrogens (tertiary/aromatic N) is 3. The largest absolute Gasteiger partial charge is 0.489 e. The maximum Gasteiger partial charge on any atom is 0.419 e. The Hall–Kier alpha value is -4.06. The summed E-state index contributed by atoms with van der Waals surface area (Å²) in [5, 5.41) is 11.9. The van der Waals surface area contributed by atoms with Gasteiger partial charge in [-0.15, -0.1) is 0 Å². The van der Waals surface area contributed by atoms with Crippen LogP contribution in [0.5, 0.6) is 5.75 Å². The Morgan fingerprint density at radius 1 is 1.17 bits per heavy atom. The van der Waals surface area contributed by atoms with Crippen molar-refractivity contribution < 1.29 is 22.7 Å². The number of amides is 1. The molecule has 1 amide bonds. The molecule has 1 fully saturated rings. The quantitative estimate of drug-likeness (QED) is 0.511. The van der Waals surface area contributed by atoms with Gasteiger partial charge in [0.05, 0.1) is 23.1 Å². The number of halogens is 3. The van der Waals surface area contributed by atoms with Crippen LogP contribution in [0.15, 0.2) is 66.9 Å². The number of rotatable bonds is 6. The molecule has 3 aromatic rings. The molecular weight excluding hydrogens is 457 g/mol. The fourth-order valence-electron chi connectivity index (χ4n) is 4.06. The van der Waals surface area contributed by atoms with Crippen LogP contribution in [0.1, 0.15) is 29.5 Å². The van der Waals surface area contributed by atoms with E-state index in [1.54, 1.807) is 42.5 Å². The standard InChI is InChI=1S/C26H23F3N4O2/c27-26(28,29)23-10-3-11-31-24(23)33-12-4-7-20(16-33)25(34)32-21-8-2-9-22(14-21)35-17-19-6-1-5-18(13-19)15-30/h1-3,5-6,8-11,13-14,20H,4,7,12,16-17H2,(H,32,34). The molecule has 1 aliphatic rings. The molecule has 180 valence electrons. The minimum atomic E-state index is -4.52. The number of hydrogen-bond acceptors (Lipinski definition) is 5. The van der Waals surface area contributed by atoms with Crippen molar-refractivity contribution in [2.75, 3.05) is 23.3 Å². The highest BCUT2D eigenvalue weighted by Gasteiger charge is 2.37. The molecule has 1 atom stereocenters. The lowest BCUT2D eigenvalue weighted by Gasteiger charge is -2.34. The van der Waals surface area contributed by atoms with Gasteiger partial charge >= 0.3 is 6.18 Å². The SMILES string of the molecule is N#Cc1cccc(COc2cccc(NC(=O)C3CCCN(c4ncccc4C(F)(F)F)C3)c2)c1. The van der Waals surface area contributed by atoms with E-state index in [0.29, 0.717) is 36.4 Å². The van der Waals surface area contributed by atoms with Crippen LogP contribution in [0, 0.1) is 17.2 Å². The van der Waals surface area contributed by atoms with Gasteiger partial charge < -0.3 is 15.0 Å². The molecule has 4 rings (SSSR count). The highest BCUT2D eigenvalue weighted by atomic mass is 19.4. The summed E-state index contributed by atoms with van der Waals surface area (Å²) in [4.78, 5) is 18.4. The molecule has 1 N–H and O–H groups in total. The molecule has 0 radical (unpaired) electrons. The fraction of sp³-hybridized carbons (Fsp3) is 0.269. The molecule has 0 aliphatic carbocycles. The number of carbonyl (C=O) groups is 1. The molecule has 0 saturated carbocycles. The monoisotopic (exact) mass is 480 g/mol. The van der Waals surface area contributed by atoms with Crippen molar-refractivity contribution in [3.05, 3.63) is 83.6 Å². The Morgan fingerprint density at radius 2 is 2.00 bits per heavy atom. The topological polar surface area (TPSA) is 78.2 Å². The Kier molecular flexibility index (Phi) is 7.20. The first-order chi connectivity index (χ1) is 16.8. The van der Waals surface area contributed by atoms with E-state index in [0.717, 1.165) is 11.6 Å². The second-order valence-electron chi connectivity index (χ2n) is 8.28. The van der Waals surface area contributed by atoms with E-state index >= 15 is 0 Å². The van der Waals surface area contributed by atoms with Crippen LogP contribution in [0.4, 0.5) is 24.7 Å².